The Morgan fingerprint density at radius 3 is 2.66 bits per heavy atom. The molecule has 2 N–H and O–H groups in total. The van der Waals surface area contributed by atoms with Crippen molar-refractivity contribution < 1.29 is 18.7 Å². The number of piperidine rings is 1. The molecule has 1 saturated heterocycles. The summed E-state index contributed by atoms with van der Waals surface area (Å²) >= 11 is 0. The lowest BCUT2D eigenvalue weighted by molar-refractivity contribution is -0.123. The topological polar surface area (TPSA) is 78.4 Å². The molecule has 2 heterocycles. The van der Waals surface area contributed by atoms with Crippen LogP contribution in [0, 0.1) is 17.6 Å². The number of benzene rings is 2. The zero-order valence-electron chi connectivity index (χ0n) is 17.9. The van der Waals surface area contributed by atoms with E-state index in [4.69, 9.17) is 5.11 Å². The van der Waals surface area contributed by atoms with Crippen molar-refractivity contribution in [2.24, 2.45) is 5.92 Å². The predicted octanol–water partition coefficient (Wildman–Crippen LogP) is 3.81. The van der Waals surface area contributed by atoms with Crippen LogP contribution in [0.15, 0.2) is 36.7 Å². The van der Waals surface area contributed by atoms with Gasteiger partial charge in [0.05, 0.1) is 5.52 Å². The number of aliphatic hydroxyl groups is 1. The standard InChI is InChI=1S/C24H26F2N4O2/c1-2-15-5-7-30(8-6-15)24-20-11-18(25)10-19(23(20)28-14-29-24)16-3-4-17(21(26)9-16)12-27-22(32)13-31/h3-4,9-11,14-15,31H,2,5-8,12-13H2,1H3,(H,27,32). The molecule has 8 heteroatoms. The minimum Gasteiger partial charge on any atom is -0.387 e. The van der Waals surface area contributed by atoms with Gasteiger partial charge in [0, 0.05) is 36.1 Å². The monoisotopic (exact) mass is 440 g/mol. The minimum absolute atomic E-state index is 0.0462. The summed E-state index contributed by atoms with van der Waals surface area (Å²) in [6.45, 7) is 3.22. The van der Waals surface area contributed by atoms with Gasteiger partial charge in [0.15, 0.2) is 0 Å². The summed E-state index contributed by atoms with van der Waals surface area (Å²) in [4.78, 5) is 22.2. The molecule has 2 aromatic carbocycles. The van der Waals surface area contributed by atoms with Crippen LogP contribution in [-0.2, 0) is 11.3 Å². The second-order valence-electron chi connectivity index (χ2n) is 8.13. The van der Waals surface area contributed by atoms with Crippen LogP contribution in [0.3, 0.4) is 0 Å². The van der Waals surface area contributed by atoms with Gasteiger partial charge < -0.3 is 15.3 Å². The lowest BCUT2D eigenvalue weighted by Gasteiger charge is -2.33. The van der Waals surface area contributed by atoms with Crippen molar-refractivity contribution in [1.29, 1.82) is 0 Å². The Bertz CT molecular complexity index is 1130. The zero-order chi connectivity index (χ0) is 22.7. The predicted molar refractivity (Wildman–Crippen MR) is 119 cm³/mol. The maximum atomic E-state index is 14.7. The number of hydrogen-bond acceptors (Lipinski definition) is 5. The Labute approximate surface area is 185 Å². The van der Waals surface area contributed by atoms with E-state index in [2.05, 4.69) is 27.1 Å². The molecule has 1 aliphatic heterocycles. The van der Waals surface area contributed by atoms with Crippen molar-refractivity contribution in [1.82, 2.24) is 15.3 Å². The van der Waals surface area contributed by atoms with Crippen molar-refractivity contribution in [3.05, 3.63) is 53.9 Å². The van der Waals surface area contributed by atoms with Gasteiger partial charge in [0.1, 0.15) is 30.4 Å². The molecular formula is C24H26F2N4O2. The number of hydrogen-bond donors (Lipinski definition) is 2. The smallest absolute Gasteiger partial charge is 0.245 e. The number of halogens is 2. The van der Waals surface area contributed by atoms with Crippen LogP contribution in [0.2, 0.25) is 0 Å². The molecule has 168 valence electrons. The zero-order valence-corrected chi connectivity index (χ0v) is 17.9. The minimum atomic E-state index is -0.660. The highest BCUT2D eigenvalue weighted by Gasteiger charge is 2.22. The van der Waals surface area contributed by atoms with Gasteiger partial charge in [0.25, 0.3) is 0 Å². The van der Waals surface area contributed by atoms with Gasteiger partial charge >= 0.3 is 0 Å². The van der Waals surface area contributed by atoms with Gasteiger partial charge in [-0.05, 0) is 42.5 Å². The van der Waals surface area contributed by atoms with E-state index in [9.17, 15) is 13.6 Å². The van der Waals surface area contributed by atoms with E-state index in [1.807, 2.05) is 0 Å². The fraction of sp³-hybridized carbons (Fsp3) is 0.375. The molecule has 1 aromatic heterocycles. The number of carbonyl (C=O) groups is 1. The van der Waals surface area contributed by atoms with Gasteiger partial charge in [-0.2, -0.15) is 0 Å². The highest BCUT2D eigenvalue weighted by Crippen LogP contribution is 2.34. The van der Waals surface area contributed by atoms with Crippen LogP contribution in [0.25, 0.3) is 22.0 Å². The first-order valence-corrected chi connectivity index (χ1v) is 10.9. The molecule has 0 saturated carbocycles. The molecule has 6 nitrogen and oxygen atoms in total. The lowest BCUT2D eigenvalue weighted by atomic mass is 9.94. The van der Waals surface area contributed by atoms with E-state index < -0.39 is 24.1 Å². The molecule has 1 fully saturated rings. The van der Waals surface area contributed by atoms with Crippen molar-refractivity contribution in [2.75, 3.05) is 24.6 Å². The molecule has 0 spiro atoms. The van der Waals surface area contributed by atoms with E-state index in [0.29, 0.717) is 33.8 Å². The van der Waals surface area contributed by atoms with Crippen LogP contribution in [-0.4, -0.2) is 40.7 Å². The first-order chi connectivity index (χ1) is 15.5. The third kappa shape index (κ3) is 4.55. The van der Waals surface area contributed by atoms with E-state index >= 15 is 0 Å². The summed E-state index contributed by atoms with van der Waals surface area (Å²) in [6, 6.07) is 7.31. The first kappa shape index (κ1) is 22.1. The molecule has 0 atom stereocenters. The maximum absolute atomic E-state index is 14.7. The lowest BCUT2D eigenvalue weighted by Crippen LogP contribution is -2.34. The van der Waals surface area contributed by atoms with E-state index in [-0.39, 0.29) is 12.1 Å². The number of aromatic nitrogens is 2. The molecule has 32 heavy (non-hydrogen) atoms. The Balaban J connectivity index is 1.69. The summed E-state index contributed by atoms with van der Waals surface area (Å²) in [5, 5.41) is 11.8. The maximum Gasteiger partial charge on any atom is 0.245 e. The van der Waals surface area contributed by atoms with E-state index in [1.165, 1.54) is 30.6 Å². The molecule has 0 aliphatic carbocycles. The number of nitrogens with zero attached hydrogens (tertiary/aromatic N) is 3. The second-order valence-corrected chi connectivity index (χ2v) is 8.13. The Hall–Kier alpha value is -3.13. The number of amides is 1. The highest BCUT2D eigenvalue weighted by molar-refractivity contribution is 5.99. The van der Waals surface area contributed by atoms with Crippen molar-refractivity contribution >= 4 is 22.6 Å². The molecular weight excluding hydrogens is 414 g/mol. The number of nitrogens with one attached hydrogen (secondary N) is 1. The number of anilines is 1. The molecule has 0 bridgehead atoms. The third-order valence-corrected chi connectivity index (χ3v) is 6.16. The van der Waals surface area contributed by atoms with Crippen LogP contribution in [0.4, 0.5) is 14.6 Å². The number of aliphatic hydroxyl groups excluding tert-OH is 1. The fourth-order valence-corrected chi connectivity index (χ4v) is 4.25. The summed E-state index contributed by atoms with van der Waals surface area (Å²) in [7, 11) is 0. The largest absolute Gasteiger partial charge is 0.387 e. The molecule has 1 aliphatic rings. The second kappa shape index (κ2) is 9.56. The molecule has 3 aromatic rings. The summed E-state index contributed by atoms with van der Waals surface area (Å²) in [5.74, 6) is -0.151. The average molecular weight is 440 g/mol. The summed E-state index contributed by atoms with van der Waals surface area (Å²) < 4.78 is 29.3. The van der Waals surface area contributed by atoms with Gasteiger partial charge in [-0.3, -0.25) is 4.79 Å². The average Bonchev–Trinajstić information content (AvgIpc) is 2.82. The quantitative estimate of drug-likeness (QED) is 0.610. The molecule has 4 rings (SSSR count). The van der Waals surface area contributed by atoms with Gasteiger partial charge in [0.2, 0.25) is 5.91 Å². The summed E-state index contributed by atoms with van der Waals surface area (Å²) in [5.41, 5.74) is 1.80. The molecule has 1 amide bonds. The fourth-order valence-electron chi connectivity index (χ4n) is 4.25. The highest BCUT2D eigenvalue weighted by atomic mass is 19.1. The Morgan fingerprint density at radius 2 is 1.97 bits per heavy atom. The number of rotatable bonds is 6. The van der Waals surface area contributed by atoms with Crippen molar-refractivity contribution in [3.8, 4) is 11.1 Å². The van der Waals surface area contributed by atoms with Crippen LogP contribution >= 0.6 is 0 Å². The van der Waals surface area contributed by atoms with E-state index in [0.717, 1.165) is 32.4 Å². The molecule has 0 unspecified atom stereocenters. The Kier molecular flexibility index (Phi) is 6.60. The number of carbonyl (C=O) groups excluding carboxylic acids is 1. The SMILES string of the molecule is CCC1CCN(c2ncnc3c(-c4ccc(CNC(=O)CO)c(F)c4)cc(F)cc23)CC1. The van der Waals surface area contributed by atoms with Crippen LogP contribution < -0.4 is 10.2 Å². The first-order valence-electron chi connectivity index (χ1n) is 10.9. The number of fused-ring (bicyclic) bond motifs is 1. The van der Waals surface area contributed by atoms with Crippen molar-refractivity contribution in [2.45, 2.75) is 32.7 Å². The van der Waals surface area contributed by atoms with Gasteiger partial charge in [-0.15, -0.1) is 0 Å². The van der Waals surface area contributed by atoms with Crippen LogP contribution in [0.5, 0.6) is 0 Å². The Morgan fingerprint density at radius 1 is 1.19 bits per heavy atom. The van der Waals surface area contributed by atoms with Gasteiger partial charge in [-0.25, -0.2) is 18.7 Å². The van der Waals surface area contributed by atoms with Gasteiger partial charge in [-0.1, -0.05) is 25.5 Å². The van der Waals surface area contributed by atoms with E-state index in [1.54, 1.807) is 6.07 Å². The summed E-state index contributed by atoms with van der Waals surface area (Å²) in [6.07, 6.45) is 4.77. The van der Waals surface area contributed by atoms with Crippen LogP contribution in [0.1, 0.15) is 31.7 Å². The molecule has 0 radical (unpaired) electrons. The normalized spacial score (nSPS) is 14.7. The van der Waals surface area contributed by atoms with Crippen molar-refractivity contribution in [3.63, 3.8) is 0 Å². The third-order valence-electron chi connectivity index (χ3n) is 6.16.